The van der Waals surface area contributed by atoms with Gasteiger partial charge in [0.1, 0.15) is 5.60 Å². The van der Waals surface area contributed by atoms with Crippen molar-refractivity contribution in [3.8, 4) is 0 Å². The first-order valence-corrected chi connectivity index (χ1v) is 14.1. The van der Waals surface area contributed by atoms with Gasteiger partial charge in [-0.3, -0.25) is 4.79 Å². The van der Waals surface area contributed by atoms with Gasteiger partial charge in [-0.2, -0.15) is 0 Å². The highest BCUT2D eigenvalue weighted by atomic mass is 16.6. The fourth-order valence-corrected chi connectivity index (χ4v) is 11.1. The third-order valence-electron chi connectivity index (χ3n) is 12.3. The molecule has 3 nitrogen and oxygen atoms in total. The predicted octanol–water partition coefficient (Wildman–Crippen LogP) is 7.70. The van der Waals surface area contributed by atoms with E-state index in [0.29, 0.717) is 35.0 Å². The van der Waals surface area contributed by atoms with Gasteiger partial charge in [-0.15, -0.1) is 0 Å². The third-order valence-corrected chi connectivity index (χ3v) is 12.3. The van der Waals surface area contributed by atoms with E-state index < -0.39 is 5.60 Å². The highest BCUT2D eigenvalue weighted by Gasteiger charge is 2.66. The van der Waals surface area contributed by atoms with Crippen LogP contribution in [-0.2, 0) is 14.3 Å². The second kappa shape index (κ2) is 7.23. The highest BCUT2D eigenvalue weighted by Crippen LogP contribution is 2.68. The van der Waals surface area contributed by atoms with Gasteiger partial charge >= 0.3 is 5.97 Å². The number of carbonyl (C=O) groups is 1. The van der Waals surface area contributed by atoms with Gasteiger partial charge in [0.2, 0.25) is 0 Å². The number of ether oxygens (including phenoxy) is 2. The van der Waals surface area contributed by atoms with Crippen LogP contribution in [0.2, 0.25) is 0 Å². The number of hydrogen-bond acceptors (Lipinski definition) is 3. The van der Waals surface area contributed by atoms with Crippen molar-refractivity contribution >= 4 is 5.97 Å². The van der Waals surface area contributed by atoms with Crippen LogP contribution < -0.4 is 0 Å². The molecule has 0 spiro atoms. The van der Waals surface area contributed by atoms with Gasteiger partial charge in [0.05, 0.1) is 11.2 Å². The molecular formula is C30H50O3. The molecule has 5 fully saturated rings. The van der Waals surface area contributed by atoms with Gasteiger partial charge in [0.25, 0.3) is 0 Å². The highest BCUT2D eigenvalue weighted by molar-refractivity contribution is 5.70. The maximum Gasteiger partial charge on any atom is 0.306 e. The normalized spacial score (nSPS) is 53.3. The molecule has 0 amide bonds. The Morgan fingerprint density at radius 3 is 1.79 bits per heavy atom. The molecule has 0 radical (unpaired) electrons. The molecule has 5 rings (SSSR count). The van der Waals surface area contributed by atoms with E-state index in [1.807, 2.05) is 0 Å². The van der Waals surface area contributed by atoms with Gasteiger partial charge in [0, 0.05) is 12.3 Å². The van der Waals surface area contributed by atoms with Crippen LogP contribution >= 0.6 is 0 Å². The van der Waals surface area contributed by atoms with Gasteiger partial charge in [-0.25, -0.2) is 0 Å². The Labute approximate surface area is 203 Å². The van der Waals surface area contributed by atoms with Crippen LogP contribution in [0.1, 0.15) is 126 Å². The monoisotopic (exact) mass is 458 g/mol. The van der Waals surface area contributed by atoms with Crippen LogP contribution in [0.5, 0.6) is 0 Å². The topological polar surface area (TPSA) is 35.5 Å². The SMILES string of the molecule is CC1(C)CCC[C@]2(C)[C@H]3CC[C@@H]4[C@@]5(C)CCC(=O)OC(C)(C)[C@@H]5CC[C@@]4(C)O[C@]3(C)CC[C@@H]12. The first-order chi connectivity index (χ1) is 15.2. The molecule has 3 aliphatic carbocycles. The van der Waals surface area contributed by atoms with Gasteiger partial charge in [-0.1, -0.05) is 34.1 Å². The smallest absolute Gasteiger partial charge is 0.306 e. The maximum absolute atomic E-state index is 12.6. The molecular weight excluding hydrogens is 408 g/mol. The molecule has 3 heteroatoms. The maximum atomic E-state index is 12.6. The lowest BCUT2D eigenvalue weighted by Gasteiger charge is -2.63. The largest absolute Gasteiger partial charge is 0.459 e. The summed E-state index contributed by atoms with van der Waals surface area (Å²) in [5.74, 6) is 2.32. The molecule has 5 aliphatic rings. The van der Waals surface area contributed by atoms with E-state index in [1.54, 1.807) is 0 Å². The van der Waals surface area contributed by atoms with Crippen LogP contribution in [0.3, 0.4) is 0 Å². The van der Waals surface area contributed by atoms with E-state index in [0.717, 1.165) is 25.2 Å². The van der Waals surface area contributed by atoms with Gasteiger partial charge < -0.3 is 9.47 Å². The van der Waals surface area contributed by atoms with Crippen molar-refractivity contribution in [2.75, 3.05) is 0 Å². The Hall–Kier alpha value is -0.570. The molecule has 2 aliphatic heterocycles. The minimum Gasteiger partial charge on any atom is -0.459 e. The summed E-state index contributed by atoms with van der Waals surface area (Å²) in [6.45, 7) is 19.4. The molecule has 0 aromatic rings. The summed E-state index contributed by atoms with van der Waals surface area (Å²) in [6.07, 6.45) is 12.8. The van der Waals surface area contributed by atoms with E-state index in [1.165, 1.54) is 44.9 Å². The van der Waals surface area contributed by atoms with E-state index in [9.17, 15) is 4.79 Å². The zero-order valence-corrected chi connectivity index (χ0v) is 22.8. The number of rotatable bonds is 0. The lowest BCUT2D eigenvalue weighted by atomic mass is 9.45. The van der Waals surface area contributed by atoms with E-state index in [2.05, 4.69) is 55.4 Å². The first-order valence-electron chi connectivity index (χ1n) is 14.1. The van der Waals surface area contributed by atoms with Crippen molar-refractivity contribution in [2.24, 2.45) is 39.9 Å². The lowest BCUT2D eigenvalue weighted by molar-refractivity contribution is -0.260. The minimum absolute atomic E-state index is 0.00714. The Kier molecular flexibility index (Phi) is 5.29. The van der Waals surface area contributed by atoms with E-state index in [4.69, 9.17) is 9.47 Å². The number of esters is 1. The quantitative estimate of drug-likeness (QED) is 0.349. The molecule has 3 saturated carbocycles. The molecule has 0 aromatic carbocycles. The molecule has 0 unspecified atom stereocenters. The average Bonchev–Trinajstić information content (AvgIpc) is 2.84. The molecule has 8 atom stereocenters. The fraction of sp³-hybridized carbons (Fsp3) is 0.967. The third kappa shape index (κ3) is 3.40. The van der Waals surface area contributed by atoms with Gasteiger partial charge in [0.15, 0.2) is 0 Å². The molecule has 2 saturated heterocycles. The number of hydrogen-bond donors (Lipinski definition) is 0. The Morgan fingerprint density at radius 2 is 1.18 bits per heavy atom. The first kappa shape index (κ1) is 24.1. The van der Waals surface area contributed by atoms with E-state index >= 15 is 0 Å². The fourth-order valence-electron chi connectivity index (χ4n) is 11.1. The number of cyclic esters (lactones) is 1. The Morgan fingerprint density at radius 1 is 0.636 bits per heavy atom. The zero-order chi connectivity index (χ0) is 24.1. The standard InChI is InChI=1S/C30H50O3/c1-25(2)15-9-16-27(5)20(25)12-18-29(7)22(27)10-11-23-28(6)17-14-24(31)32-26(3,4)21(28)13-19-30(23,8)33-29/h20-23H,9-19H2,1-8H3/t20-,21-,22+,23+,27-,28-,29+,30+/m0/s1. The van der Waals surface area contributed by atoms with Gasteiger partial charge in [-0.05, 0) is 119 Å². The van der Waals surface area contributed by atoms with Crippen molar-refractivity contribution in [3.63, 3.8) is 0 Å². The molecule has 2 heterocycles. The number of carbonyl (C=O) groups excluding carboxylic acids is 1. The summed E-state index contributed by atoms with van der Waals surface area (Å²) in [5.41, 5.74) is 0.372. The van der Waals surface area contributed by atoms with E-state index in [-0.39, 0.29) is 22.6 Å². The molecule has 33 heavy (non-hydrogen) atoms. The summed E-state index contributed by atoms with van der Waals surface area (Å²) >= 11 is 0. The van der Waals surface area contributed by atoms with Crippen LogP contribution in [0.4, 0.5) is 0 Å². The van der Waals surface area contributed by atoms with Crippen molar-refractivity contribution in [3.05, 3.63) is 0 Å². The molecule has 0 aromatic heterocycles. The minimum atomic E-state index is -0.392. The van der Waals surface area contributed by atoms with Crippen LogP contribution in [0.25, 0.3) is 0 Å². The average molecular weight is 459 g/mol. The van der Waals surface area contributed by atoms with Crippen molar-refractivity contribution in [1.82, 2.24) is 0 Å². The lowest BCUT2D eigenvalue weighted by Crippen LogP contribution is -2.61. The van der Waals surface area contributed by atoms with Crippen LogP contribution in [0, 0.1) is 39.9 Å². The second-order valence-corrected chi connectivity index (χ2v) is 15.0. The Balaban J connectivity index is 1.53. The molecule has 0 bridgehead atoms. The summed E-state index contributed by atoms with van der Waals surface area (Å²) in [7, 11) is 0. The second-order valence-electron chi connectivity index (χ2n) is 15.0. The molecule has 0 N–H and O–H groups in total. The molecule has 188 valence electrons. The summed E-state index contributed by atoms with van der Waals surface area (Å²) in [4.78, 5) is 12.6. The van der Waals surface area contributed by atoms with Crippen LogP contribution in [-0.4, -0.2) is 22.8 Å². The van der Waals surface area contributed by atoms with Crippen molar-refractivity contribution in [1.29, 1.82) is 0 Å². The van der Waals surface area contributed by atoms with Crippen LogP contribution in [0.15, 0.2) is 0 Å². The zero-order valence-electron chi connectivity index (χ0n) is 22.8. The summed E-state index contributed by atoms with van der Waals surface area (Å²) in [5, 5.41) is 0. The summed E-state index contributed by atoms with van der Waals surface area (Å²) in [6, 6.07) is 0. The van der Waals surface area contributed by atoms with Crippen molar-refractivity contribution < 1.29 is 14.3 Å². The summed E-state index contributed by atoms with van der Waals surface area (Å²) < 4.78 is 13.5. The van der Waals surface area contributed by atoms with Crippen molar-refractivity contribution in [2.45, 2.75) is 143 Å². The Bertz CT molecular complexity index is 815. The predicted molar refractivity (Wildman–Crippen MR) is 133 cm³/mol. The number of fused-ring (bicyclic) bond motifs is 6.